The quantitative estimate of drug-likeness (QED) is 0.458. The Morgan fingerprint density at radius 2 is 1.91 bits per heavy atom. The third kappa shape index (κ3) is 3.75. The van der Waals surface area contributed by atoms with E-state index in [-0.39, 0.29) is 23.9 Å². The molecule has 8 nitrogen and oxygen atoms in total. The van der Waals surface area contributed by atoms with E-state index in [4.69, 9.17) is 4.98 Å². The molecule has 0 spiro atoms. The monoisotopic (exact) mass is 473 g/mol. The molecule has 5 rings (SSSR count). The highest BCUT2D eigenvalue weighted by Gasteiger charge is 2.32. The second kappa shape index (κ2) is 8.66. The van der Waals surface area contributed by atoms with Gasteiger partial charge in [-0.2, -0.15) is 5.10 Å². The van der Waals surface area contributed by atoms with Crippen LogP contribution in [-0.4, -0.2) is 60.5 Å². The summed E-state index contributed by atoms with van der Waals surface area (Å²) in [6.45, 7) is 16.4. The average molecular weight is 474 g/mol. The number of aryl methyl sites for hydroxylation is 1. The number of carbonyl (C=O) groups excluding carboxylic acids is 1. The van der Waals surface area contributed by atoms with E-state index in [2.05, 4.69) is 79.8 Å². The van der Waals surface area contributed by atoms with Crippen molar-refractivity contribution in [2.45, 2.75) is 72.9 Å². The van der Waals surface area contributed by atoms with Gasteiger partial charge in [-0.1, -0.05) is 20.8 Å². The van der Waals surface area contributed by atoms with Gasteiger partial charge in [-0.3, -0.25) is 4.79 Å². The van der Waals surface area contributed by atoms with Crippen molar-refractivity contribution in [3.8, 4) is 11.3 Å². The second-order valence-electron chi connectivity index (χ2n) is 10.2. The van der Waals surface area contributed by atoms with E-state index in [1.54, 1.807) is 6.33 Å². The summed E-state index contributed by atoms with van der Waals surface area (Å²) in [7, 11) is 0. The van der Waals surface area contributed by atoms with Gasteiger partial charge in [0.2, 0.25) is 5.91 Å². The number of aromatic nitrogens is 5. The molecule has 1 amide bonds. The summed E-state index contributed by atoms with van der Waals surface area (Å²) in [4.78, 5) is 30.0. The highest BCUT2D eigenvalue weighted by atomic mass is 16.2. The Kier molecular flexibility index (Phi) is 5.77. The number of rotatable bonds is 4. The Labute approximate surface area is 206 Å². The number of nitrogens with one attached hydrogen (secondary N) is 1. The summed E-state index contributed by atoms with van der Waals surface area (Å²) in [6, 6.07) is 4.60. The molecule has 5 heterocycles. The number of amides is 1. The van der Waals surface area contributed by atoms with Gasteiger partial charge in [-0.25, -0.2) is 14.5 Å². The topological polar surface area (TPSA) is 82.4 Å². The van der Waals surface area contributed by atoms with Crippen LogP contribution in [0.15, 0.2) is 24.7 Å². The summed E-state index contributed by atoms with van der Waals surface area (Å²) in [5.41, 5.74) is 8.68. The number of pyridine rings is 2. The van der Waals surface area contributed by atoms with Crippen molar-refractivity contribution in [2.75, 3.05) is 18.0 Å². The van der Waals surface area contributed by atoms with E-state index in [0.29, 0.717) is 6.42 Å². The van der Waals surface area contributed by atoms with Crippen molar-refractivity contribution in [1.29, 1.82) is 0 Å². The maximum Gasteiger partial charge on any atom is 0.222 e. The SMILES string of the molecule is CCC(=O)N1C[C@H](C)N(c2ccc3[nH]c(-c4cn5ncnc5c(C)c4C)c(C(C)C)c3n2)C[C@H]1C. The van der Waals surface area contributed by atoms with E-state index < -0.39 is 0 Å². The lowest BCUT2D eigenvalue weighted by atomic mass is 9.95. The van der Waals surface area contributed by atoms with E-state index in [9.17, 15) is 4.79 Å². The molecule has 0 unspecified atom stereocenters. The van der Waals surface area contributed by atoms with E-state index in [1.165, 1.54) is 11.1 Å². The fourth-order valence-electron chi connectivity index (χ4n) is 5.46. The van der Waals surface area contributed by atoms with Gasteiger partial charge in [0.25, 0.3) is 0 Å². The molecule has 2 atom stereocenters. The van der Waals surface area contributed by atoms with Crippen LogP contribution in [0.3, 0.4) is 0 Å². The standard InChI is InChI=1S/C27H35N7O/c1-8-23(35)33-12-16(4)32(11-17(33)5)22-10-9-21-26(31-22)24(15(2)3)25(30-21)20-13-34-27(28-14-29-34)19(7)18(20)6/h9-10,13-17,30H,8,11-12H2,1-7H3/t16-,17+/m0/s1. The first kappa shape index (κ1) is 23.3. The summed E-state index contributed by atoms with van der Waals surface area (Å²) in [5.74, 6) is 1.47. The normalized spacial score (nSPS) is 18.9. The van der Waals surface area contributed by atoms with Crippen LogP contribution in [0, 0.1) is 13.8 Å². The zero-order chi connectivity index (χ0) is 25.0. The Balaban J connectivity index is 1.60. The maximum absolute atomic E-state index is 12.4. The third-order valence-electron chi connectivity index (χ3n) is 7.54. The van der Waals surface area contributed by atoms with Gasteiger partial charge < -0.3 is 14.8 Å². The first-order chi connectivity index (χ1) is 16.7. The van der Waals surface area contributed by atoms with Gasteiger partial charge in [0, 0.05) is 48.9 Å². The van der Waals surface area contributed by atoms with Crippen molar-refractivity contribution in [3.05, 3.63) is 41.3 Å². The molecule has 8 heteroatoms. The van der Waals surface area contributed by atoms with Crippen LogP contribution in [-0.2, 0) is 4.79 Å². The number of carbonyl (C=O) groups is 1. The minimum absolute atomic E-state index is 0.155. The molecule has 0 aromatic carbocycles. The molecule has 1 aliphatic rings. The van der Waals surface area contributed by atoms with Gasteiger partial charge in [-0.05, 0) is 56.9 Å². The number of hydrogen-bond donors (Lipinski definition) is 1. The molecular formula is C27H35N7O. The highest BCUT2D eigenvalue weighted by Crippen LogP contribution is 2.38. The average Bonchev–Trinajstić information content (AvgIpc) is 3.46. The molecule has 1 N–H and O–H groups in total. The Hall–Kier alpha value is -3.42. The molecule has 1 saturated heterocycles. The summed E-state index contributed by atoms with van der Waals surface area (Å²) < 4.78 is 1.85. The largest absolute Gasteiger partial charge is 0.353 e. The van der Waals surface area contributed by atoms with Crippen molar-refractivity contribution < 1.29 is 4.79 Å². The minimum atomic E-state index is 0.155. The molecule has 4 aromatic heterocycles. The zero-order valence-corrected chi connectivity index (χ0v) is 21.8. The van der Waals surface area contributed by atoms with Crippen LogP contribution in [0.2, 0.25) is 0 Å². The molecule has 4 aromatic rings. The number of H-pyrrole nitrogens is 1. The van der Waals surface area contributed by atoms with Crippen molar-refractivity contribution >= 4 is 28.4 Å². The van der Waals surface area contributed by atoms with E-state index in [1.807, 2.05) is 16.3 Å². The number of anilines is 1. The molecular weight excluding hydrogens is 438 g/mol. The van der Waals surface area contributed by atoms with Crippen LogP contribution in [0.5, 0.6) is 0 Å². The van der Waals surface area contributed by atoms with Crippen molar-refractivity contribution in [3.63, 3.8) is 0 Å². The molecule has 0 radical (unpaired) electrons. The molecule has 184 valence electrons. The third-order valence-corrected chi connectivity index (χ3v) is 7.54. The summed E-state index contributed by atoms with van der Waals surface area (Å²) in [6.07, 6.45) is 4.21. The van der Waals surface area contributed by atoms with Crippen molar-refractivity contribution in [1.82, 2.24) is 29.5 Å². The van der Waals surface area contributed by atoms with Gasteiger partial charge in [0.05, 0.1) is 16.7 Å². The first-order valence-corrected chi connectivity index (χ1v) is 12.6. The number of aromatic amines is 1. The van der Waals surface area contributed by atoms with Gasteiger partial charge in [0.15, 0.2) is 5.65 Å². The van der Waals surface area contributed by atoms with Crippen LogP contribution in [0.1, 0.15) is 63.6 Å². The number of piperazine rings is 1. The molecule has 35 heavy (non-hydrogen) atoms. The van der Waals surface area contributed by atoms with Gasteiger partial charge in [-0.15, -0.1) is 0 Å². The Morgan fingerprint density at radius 1 is 1.14 bits per heavy atom. The predicted octanol–water partition coefficient (Wildman–Crippen LogP) is 4.85. The van der Waals surface area contributed by atoms with Gasteiger partial charge in [0.1, 0.15) is 12.1 Å². The summed E-state index contributed by atoms with van der Waals surface area (Å²) in [5, 5.41) is 4.39. The van der Waals surface area contributed by atoms with E-state index >= 15 is 0 Å². The lowest BCUT2D eigenvalue weighted by Crippen LogP contribution is -2.58. The zero-order valence-electron chi connectivity index (χ0n) is 21.8. The summed E-state index contributed by atoms with van der Waals surface area (Å²) >= 11 is 0. The van der Waals surface area contributed by atoms with E-state index in [0.717, 1.165) is 52.4 Å². The molecule has 0 aliphatic carbocycles. The number of nitrogens with zero attached hydrogens (tertiary/aromatic N) is 6. The first-order valence-electron chi connectivity index (χ1n) is 12.6. The Morgan fingerprint density at radius 3 is 2.63 bits per heavy atom. The molecule has 1 fully saturated rings. The predicted molar refractivity (Wildman–Crippen MR) is 140 cm³/mol. The number of hydrogen-bond acceptors (Lipinski definition) is 5. The highest BCUT2D eigenvalue weighted by molar-refractivity contribution is 5.90. The smallest absolute Gasteiger partial charge is 0.222 e. The van der Waals surface area contributed by atoms with Crippen LogP contribution in [0.4, 0.5) is 5.82 Å². The minimum Gasteiger partial charge on any atom is -0.353 e. The lowest BCUT2D eigenvalue weighted by molar-refractivity contribution is -0.133. The molecule has 0 bridgehead atoms. The Bertz CT molecular complexity index is 1420. The fraction of sp³-hybridized carbons (Fsp3) is 0.481. The van der Waals surface area contributed by atoms with Crippen LogP contribution < -0.4 is 4.90 Å². The molecule has 0 saturated carbocycles. The maximum atomic E-state index is 12.4. The fourth-order valence-corrected chi connectivity index (χ4v) is 5.46. The van der Waals surface area contributed by atoms with Crippen LogP contribution in [0.25, 0.3) is 27.9 Å². The second-order valence-corrected chi connectivity index (χ2v) is 10.2. The molecule has 1 aliphatic heterocycles. The van der Waals surface area contributed by atoms with Crippen molar-refractivity contribution in [2.24, 2.45) is 0 Å². The van der Waals surface area contributed by atoms with Crippen LogP contribution >= 0.6 is 0 Å². The van der Waals surface area contributed by atoms with Gasteiger partial charge >= 0.3 is 0 Å². The number of fused-ring (bicyclic) bond motifs is 2. The lowest BCUT2D eigenvalue weighted by Gasteiger charge is -2.44.